The van der Waals surface area contributed by atoms with Crippen LogP contribution in [-0.4, -0.2) is 21.9 Å². The topological polar surface area (TPSA) is 93.0 Å². The van der Waals surface area contributed by atoms with Gasteiger partial charge in [0.2, 0.25) is 11.6 Å². The molecule has 0 unspecified atom stereocenters. The molecule has 104 valence electrons. The molecule has 1 aromatic heterocycles. The highest BCUT2D eigenvalue weighted by Gasteiger charge is 2.22. The quantitative estimate of drug-likeness (QED) is 0.663. The van der Waals surface area contributed by atoms with E-state index in [9.17, 15) is 10.1 Å². The number of anilines is 3. The Kier molecular flexibility index (Phi) is 4.21. The predicted molar refractivity (Wildman–Crippen MR) is 78.0 cm³/mol. The third-order valence-corrected chi connectivity index (χ3v) is 3.16. The number of rotatable bonds is 4. The first-order chi connectivity index (χ1) is 9.52. The second kappa shape index (κ2) is 5.89. The van der Waals surface area contributed by atoms with Gasteiger partial charge in [0.05, 0.1) is 15.0 Å². The zero-order valence-corrected chi connectivity index (χ0v) is 11.7. The van der Waals surface area contributed by atoms with Crippen molar-refractivity contribution in [3.63, 3.8) is 0 Å². The smallest absolute Gasteiger partial charge is 0.353 e. The average Bonchev–Trinajstić information content (AvgIpc) is 2.42. The molecule has 9 heteroatoms. The van der Waals surface area contributed by atoms with Crippen LogP contribution in [0.4, 0.5) is 23.0 Å². The minimum Gasteiger partial charge on any atom is -0.367 e. The minimum atomic E-state index is -0.564. The van der Waals surface area contributed by atoms with E-state index < -0.39 is 4.92 Å². The van der Waals surface area contributed by atoms with Crippen molar-refractivity contribution in [1.29, 1.82) is 0 Å². The van der Waals surface area contributed by atoms with Gasteiger partial charge in [-0.15, -0.1) is 0 Å². The van der Waals surface area contributed by atoms with Gasteiger partial charge in [-0.1, -0.05) is 23.2 Å². The van der Waals surface area contributed by atoms with Crippen LogP contribution in [-0.2, 0) is 0 Å². The Hall–Kier alpha value is -2.12. The summed E-state index contributed by atoms with van der Waals surface area (Å²) in [6.45, 7) is 0. The molecule has 7 nitrogen and oxygen atoms in total. The van der Waals surface area contributed by atoms with Crippen molar-refractivity contribution in [2.75, 3.05) is 17.7 Å². The highest BCUT2D eigenvalue weighted by molar-refractivity contribution is 6.42. The van der Waals surface area contributed by atoms with Crippen molar-refractivity contribution in [3.8, 4) is 0 Å². The Bertz CT molecular complexity index is 665. The zero-order chi connectivity index (χ0) is 14.7. The summed E-state index contributed by atoms with van der Waals surface area (Å²) in [4.78, 5) is 18.2. The lowest BCUT2D eigenvalue weighted by molar-refractivity contribution is -0.383. The van der Waals surface area contributed by atoms with Crippen LogP contribution in [0.25, 0.3) is 0 Å². The summed E-state index contributed by atoms with van der Waals surface area (Å²) in [6, 6.07) is 4.77. The summed E-state index contributed by atoms with van der Waals surface area (Å²) >= 11 is 11.7. The fourth-order valence-corrected chi connectivity index (χ4v) is 1.83. The molecule has 1 heterocycles. The highest BCUT2D eigenvalue weighted by Crippen LogP contribution is 2.32. The maximum absolute atomic E-state index is 11.1. The molecule has 0 aliphatic rings. The number of hydrogen-bond donors (Lipinski definition) is 2. The van der Waals surface area contributed by atoms with Gasteiger partial charge in [0, 0.05) is 12.7 Å². The van der Waals surface area contributed by atoms with Crippen LogP contribution in [0, 0.1) is 10.1 Å². The summed E-state index contributed by atoms with van der Waals surface area (Å²) in [6.07, 6.45) is 1.22. The molecule has 0 saturated heterocycles. The number of hydrogen-bond acceptors (Lipinski definition) is 6. The maximum Gasteiger partial charge on any atom is 0.353 e. The van der Waals surface area contributed by atoms with Crippen molar-refractivity contribution < 1.29 is 4.92 Å². The Morgan fingerprint density at radius 1 is 1.20 bits per heavy atom. The van der Waals surface area contributed by atoms with Crippen LogP contribution in [0.15, 0.2) is 24.5 Å². The van der Waals surface area contributed by atoms with E-state index in [-0.39, 0.29) is 17.3 Å². The molecule has 0 atom stereocenters. The van der Waals surface area contributed by atoms with Crippen LogP contribution in [0.2, 0.25) is 10.0 Å². The summed E-state index contributed by atoms with van der Waals surface area (Å²) in [5, 5.41) is 17.3. The first-order valence-corrected chi connectivity index (χ1v) is 6.17. The molecule has 0 fully saturated rings. The van der Waals surface area contributed by atoms with Crippen LogP contribution in [0.5, 0.6) is 0 Å². The van der Waals surface area contributed by atoms with E-state index in [1.165, 1.54) is 13.4 Å². The van der Waals surface area contributed by atoms with E-state index in [0.29, 0.717) is 15.7 Å². The average molecular weight is 314 g/mol. The minimum absolute atomic E-state index is 0.0627. The molecule has 20 heavy (non-hydrogen) atoms. The van der Waals surface area contributed by atoms with Crippen molar-refractivity contribution in [1.82, 2.24) is 9.97 Å². The predicted octanol–water partition coefficient (Wildman–Crippen LogP) is 3.48. The van der Waals surface area contributed by atoms with Crippen molar-refractivity contribution in [2.45, 2.75) is 0 Å². The Labute approximate surface area is 124 Å². The molecule has 0 spiro atoms. The molecular weight excluding hydrogens is 305 g/mol. The molecule has 0 aliphatic carbocycles. The Balaban J connectivity index is 2.42. The van der Waals surface area contributed by atoms with Gasteiger partial charge in [0.25, 0.3) is 0 Å². The normalized spacial score (nSPS) is 10.2. The third kappa shape index (κ3) is 2.89. The van der Waals surface area contributed by atoms with Crippen molar-refractivity contribution >= 4 is 46.2 Å². The highest BCUT2D eigenvalue weighted by atomic mass is 35.5. The van der Waals surface area contributed by atoms with Gasteiger partial charge in [0.1, 0.15) is 6.33 Å². The molecule has 1 aromatic carbocycles. The van der Waals surface area contributed by atoms with Crippen molar-refractivity contribution in [2.24, 2.45) is 0 Å². The van der Waals surface area contributed by atoms with Gasteiger partial charge in [-0.25, -0.2) is 9.97 Å². The first kappa shape index (κ1) is 14.3. The lowest BCUT2D eigenvalue weighted by Crippen LogP contribution is -2.05. The lowest BCUT2D eigenvalue weighted by atomic mass is 10.3. The second-order valence-electron chi connectivity index (χ2n) is 3.68. The first-order valence-electron chi connectivity index (χ1n) is 5.42. The number of benzene rings is 1. The molecule has 0 radical (unpaired) electrons. The van der Waals surface area contributed by atoms with Crippen LogP contribution in [0.1, 0.15) is 0 Å². The Morgan fingerprint density at radius 2 is 1.90 bits per heavy atom. The molecule has 0 saturated carbocycles. The largest absolute Gasteiger partial charge is 0.367 e. The van der Waals surface area contributed by atoms with Gasteiger partial charge < -0.3 is 10.6 Å². The van der Waals surface area contributed by atoms with Gasteiger partial charge >= 0.3 is 5.69 Å². The van der Waals surface area contributed by atoms with Gasteiger partial charge in [-0.05, 0) is 18.2 Å². The molecule has 2 rings (SSSR count). The summed E-state index contributed by atoms with van der Waals surface area (Å²) in [7, 11) is 1.54. The van der Waals surface area contributed by atoms with Crippen LogP contribution >= 0.6 is 23.2 Å². The zero-order valence-electron chi connectivity index (χ0n) is 10.2. The molecule has 0 bridgehead atoms. The van der Waals surface area contributed by atoms with Gasteiger partial charge in [0.15, 0.2) is 0 Å². The third-order valence-electron chi connectivity index (χ3n) is 2.42. The second-order valence-corrected chi connectivity index (χ2v) is 4.49. The number of aromatic nitrogens is 2. The van der Waals surface area contributed by atoms with Crippen LogP contribution < -0.4 is 10.6 Å². The van der Waals surface area contributed by atoms with Gasteiger partial charge in [-0.2, -0.15) is 0 Å². The molecule has 2 aromatic rings. The van der Waals surface area contributed by atoms with E-state index in [4.69, 9.17) is 23.2 Å². The van der Waals surface area contributed by atoms with E-state index in [1.807, 2.05) is 0 Å². The van der Waals surface area contributed by atoms with Crippen LogP contribution in [0.3, 0.4) is 0 Å². The fraction of sp³-hybridized carbons (Fsp3) is 0.0909. The maximum atomic E-state index is 11.1. The SMILES string of the molecule is CNc1ncnc(Nc2ccc(Cl)c(Cl)c2)c1[N+](=O)[O-]. The molecule has 0 aliphatic heterocycles. The number of nitro groups is 1. The van der Waals surface area contributed by atoms with Crippen molar-refractivity contribution in [3.05, 3.63) is 44.7 Å². The molecule has 0 amide bonds. The number of nitrogens with one attached hydrogen (secondary N) is 2. The standard InChI is InChI=1S/C11H9Cl2N5O2/c1-14-10-9(18(19)20)11(16-5-15-10)17-6-2-3-7(12)8(13)4-6/h2-5H,1H3,(H2,14,15,16,17). The lowest BCUT2D eigenvalue weighted by Gasteiger charge is -2.08. The van der Waals surface area contributed by atoms with E-state index in [2.05, 4.69) is 20.6 Å². The fourth-order valence-electron chi connectivity index (χ4n) is 1.54. The molecular formula is C11H9Cl2N5O2. The Morgan fingerprint density at radius 3 is 2.50 bits per heavy atom. The van der Waals surface area contributed by atoms with E-state index in [0.717, 1.165) is 0 Å². The summed E-state index contributed by atoms with van der Waals surface area (Å²) in [5.74, 6) is 0.181. The number of halogens is 2. The van der Waals surface area contributed by atoms with E-state index in [1.54, 1.807) is 18.2 Å². The number of nitrogens with zero attached hydrogens (tertiary/aromatic N) is 3. The van der Waals surface area contributed by atoms with Gasteiger partial charge in [-0.3, -0.25) is 10.1 Å². The summed E-state index contributed by atoms with van der Waals surface area (Å²) in [5.41, 5.74) is 0.282. The molecule has 2 N–H and O–H groups in total. The monoisotopic (exact) mass is 313 g/mol. The summed E-state index contributed by atoms with van der Waals surface area (Å²) < 4.78 is 0. The van der Waals surface area contributed by atoms with E-state index >= 15 is 0 Å².